The SMILES string of the molecule is Cc1cc2sc(C(=O)Cc3ccccc3C(N)=O)cc2cc1[N+](=O)[O-]. The average Bonchev–Trinajstić information content (AvgIpc) is 2.97. The van der Waals surface area contributed by atoms with E-state index < -0.39 is 10.8 Å². The normalized spacial score (nSPS) is 10.8. The van der Waals surface area contributed by atoms with E-state index in [9.17, 15) is 19.7 Å². The molecule has 2 aromatic carbocycles. The van der Waals surface area contributed by atoms with Crippen LogP contribution in [-0.4, -0.2) is 16.6 Å². The summed E-state index contributed by atoms with van der Waals surface area (Å²) >= 11 is 1.29. The summed E-state index contributed by atoms with van der Waals surface area (Å²) in [7, 11) is 0. The van der Waals surface area contributed by atoms with Crippen molar-refractivity contribution in [3.8, 4) is 0 Å². The van der Waals surface area contributed by atoms with Crippen molar-refractivity contribution in [2.45, 2.75) is 13.3 Å². The number of carbonyl (C=O) groups excluding carboxylic acids is 2. The maximum absolute atomic E-state index is 12.6. The van der Waals surface area contributed by atoms with Crippen molar-refractivity contribution in [2.24, 2.45) is 5.73 Å². The Bertz CT molecular complexity index is 1020. The zero-order valence-corrected chi connectivity index (χ0v) is 14.1. The zero-order valence-electron chi connectivity index (χ0n) is 13.3. The van der Waals surface area contributed by atoms with E-state index in [1.165, 1.54) is 17.4 Å². The Balaban J connectivity index is 1.96. The number of hydrogen-bond donors (Lipinski definition) is 1. The largest absolute Gasteiger partial charge is 0.366 e. The van der Waals surface area contributed by atoms with Gasteiger partial charge in [-0.1, -0.05) is 18.2 Å². The van der Waals surface area contributed by atoms with E-state index in [1.807, 2.05) is 0 Å². The molecule has 0 bridgehead atoms. The van der Waals surface area contributed by atoms with Gasteiger partial charge >= 0.3 is 0 Å². The first kappa shape index (κ1) is 16.8. The average molecular weight is 354 g/mol. The van der Waals surface area contributed by atoms with Crippen molar-refractivity contribution in [1.82, 2.24) is 0 Å². The number of ketones is 1. The predicted molar refractivity (Wildman–Crippen MR) is 96.2 cm³/mol. The van der Waals surface area contributed by atoms with Crippen LogP contribution < -0.4 is 5.73 Å². The van der Waals surface area contributed by atoms with Gasteiger partial charge in [-0.25, -0.2) is 0 Å². The molecule has 1 heterocycles. The van der Waals surface area contributed by atoms with Gasteiger partial charge in [0.1, 0.15) is 0 Å². The number of aryl methyl sites for hydroxylation is 1. The molecule has 1 amide bonds. The number of nitrogens with zero attached hydrogens (tertiary/aromatic N) is 1. The molecule has 3 rings (SSSR count). The third-order valence-electron chi connectivity index (χ3n) is 3.94. The van der Waals surface area contributed by atoms with Crippen molar-refractivity contribution >= 4 is 38.8 Å². The fraction of sp³-hybridized carbons (Fsp3) is 0.111. The van der Waals surface area contributed by atoms with Crippen LogP contribution in [0.5, 0.6) is 0 Å². The van der Waals surface area contributed by atoms with Crippen LogP contribution in [0, 0.1) is 17.0 Å². The van der Waals surface area contributed by atoms with Crippen molar-refractivity contribution in [3.63, 3.8) is 0 Å². The number of thiophene rings is 1. The number of fused-ring (bicyclic) bond motifs is 1. The van der Waals surface area contributed by atoms with Crippen LogP contribution >= 0.6 is 11.3 Å². The van der Waals surface area contributed by atoms with Gasteiger partial charge in [0.25, 0.3) is 5.69 Å². The molecular formula is C18H14N2O4S. The molecule has 0 saturated carbocycles. The first-order chi connectivity index (χ1) is 11.9. The third-order valence-corrected chi connectivity index (χ3v) is 5.08. The molecule has 0 atom stereocenters. The molecule has 126 valence electrons. The fourth-order valence-electron chi connectivity index (χ4n) is 2.69. The Morgan fingerprint density at radius 2 is 1.92 bits per heavy atom. The van der Waals surface area contributed by atoms with Crippen LogP contribution in [0.1, 0.15) is 31.2 Å². The Morgan fingerprint density at radius 1 is 1.20 bits per heavy atom. The number of nitro benzene ring substituents is 1. The molecule has 1 aromatic heterocycles. The molecule has 0 aliphatic carbocycles. The second-order valence-corrected chi connectivity index (χ2v) is 6.75. The number of rotatable bonds is 5. The summed E-state index contributed by atoms with van der Waals surface area (Å²) < 4.78 is 0.814. The molecule has 0 fully saturated rings. The van der Waals surface area contributed by atoms with E-state index in [1.54, 1.807) is 43.3 Å². The monoisotopic (exact) mass is 354 g/mol. The summed E-state index contributed by atoms with van der Waals surface area (Å²) in [4.78, 5) is 35.2. The van der Waals surface area contributed by atoms with Crippen molar-refractivity contribution in [1.29, 1.82) is 0 Å². The quantitative estimate of drug-likeness (QED) is 0.429. The lowest BCUT2D eigenvalue weighted by atomic mass is 10.0. The molecule has 0 radical (unpaired) electrons. The highest BCUT2D eigenvalue weighted by molar-refractivity contribution is 7.20. The number of hydrogen-bond acceptors (Lipinski definition) is 5. The molecule has 25 heavy (non-hydrogen) atoms. The van der Waals surface area contributed by atoms with Crippen LogP contribution in [0.15, 0.2) is 42.5 Å². The summed E-state index contributed by atoms with van der Waals surface area (Å²) in [5, 5.41) is 11.7. The Labute approximate surface area is 147 Å². The maximum Gasteiger partial charge on any atom is 0.272 e. The summed E-state index contributed by atoms with van der Waals surface area (Å²) in [5.74, 6) is -0.735. The smallest absolute Gasteiger partial charge is 0.272 e. The Hall–Kier alpha value is -3.06. The van der Waals surface area contributed by atoms with Crippen molar-refractivity contribution in [3.05, 3.63) is 74.1 Å². The second-order valence-electron chi connectivity index (χ2n) is 5.67. The Morgan fingerprint density at radius 3 is 2.60 bits per heavy atom. The number of primary amides is 1. The summed E-state index contributed by atoms with van der Waals surface area (Å²) in [6, 6.07) is 11.6. The van der Waals surface area contributed by atoms with Gasteiger partial charge in [0, 0.05) is 33.7 Å². The van der Waals surface area contributed by atoms with Gasteiger partial charge in [-0.3, -0.25) is 19.7 Å². The maximum atomic E-state index is 12.6. The number of nitrogens with two attached hydrogens (primary N) is 1. The minimum absolute atomic E-state index is 0.0309. The van der Waals surface area contributed by atoms with E-state index in [2.05, 4.69) is 0 Å². The molecule has 6 nitrogen and oxygen atoms in total. The van der Waals surface area contributed by atoms with Crippen LogP contribution in [0.2, 0.25) is 0 Å². The molecule has 0 spiro atoms. The second kappa shape index (κ2) is 6.45. The predicted octanol–water partition coefficient (Wildman–Crippen LogP) is 3.64. The molecule has 0 aliphatic heterocycles. The number of Topliss-reactive ketones (excluding diaryl/α,β-unsaturated/α-hetero) is 1. The van der Waals surface area contributed by atoms with E-state index in [4.69, 9.17) is 5.73 Å². The van der Waals surface area contributed by atoms with Gasteiger partial charge in [-0.15, -0.1) is 11.3 Å². The topological polar surface area (TPSA) is 103 Å². The number of carbonyl (C=O) groups is 2. The van der Waals surface area contributed by atoms with Crippen LogP contribution in [0.25, 0.3) is 10.1 Å². The van der Waals surface area contributed by atoms with E-state index in [0.29, 0.717) is 27.0 Å². The number of amides is 1. The highest BCUT2D eigenvalue weighted by atomic mass is 32.1. The molecule has 7 heteroatoms. The lowest BCUT2D eigenvalue weighted by molar-refractivity contribution is -0.385. The molecular weight excluding hydrogens is 340 g/mol. The zero-order chi connectivity index (χ0) is 18.1. The lowest BCUT2D eigenvalue weighted by Gasteiger charge is -2.04. The molecule has 0 aliphatic rings. The highest BCUT2D eigenvalue weighted by Crippen LogP contribution is 2.32. The molecule has 2 N–H and O–H groups in total. The molecule has 3 aromatic rings. The standard InChI is InChI=1S/C18H14N2O4S/c1-10-6-16-12(7-14(10)20(23)24)9-17(25-16)15(21)8-11-4-2-3-5-13(11)18(19)22/h2-7,9H,8H2,1H3,(H2,19,22). The lowest BCUT2D eigenvalue weighted by Crippen LogP contribution is -2.15. The van der Waals surface area contributed by atoms with E-state index in [0.717, 1.165) is 4.70 Å². The highest BCUT2D eigenvalue weighted by Gasteiger charge is 2.18. The first-order valence-corrected chi connectivity index (χ1v) is 8.28. The third kappa shape index (κ3) is 3.27. The fourth-order valence-corrected chi connectivity index (χ4v) is 3.77. The van der Waals surface area contributed by atoms with Gasteiger partial charge in [-0.05, 0) is 30.7 Å². The number of benzene rings is 2. The van der Waals surface area contributed by atoms with Crippen molar-refractivity contribution < 1.29 is 14.5 Å². The minimum Gasteiger partial charge on any atom is -0.366 e. The van der Waals surface area contributed by atoms with E-state index in [-0.39, 0.29) is 17.9 Å². The molecule has 0 saturated heterocycles. The van der Waals surface area contributed by atoms with E-state index >= 15 is 0 Å². The summed E-state index contributed by atoms with van der Waals surface area (Å²) in [6.07, 6.45) is 0.0486. The van der Waals surface area contributed by atoms with Gasteiger partial charge in [-0.2, -0.15) is 0 Å². The van der Waals surface area contributed by atoms with Gasteiger partial charge < -0.3 is 5.73 Å². The van der Waals surface area contributed by atoms with Crippen LogP contribution in [-0.2, 0) is 6.42 Å². The Kier molecular flexibility index (Phi) is 4.33. The first-order valence-electron chi connectivity index (χ1n) is 7.46. The van der Waals surface area contributed by atoms with Crippen LogP contribution in [0.3, 0.4) is 0 Å². The van der Waals surface area contributed by atoms with Gasteiger partial charge in [0.2, 0.25) is 5.91 Å². The van der Waals surface area contributed by atoms with Crippen LogP contribution in [0.4, 0.5) is 5.69 Å². The number of nitro groups is 1. The van der Waals surface area contributed by atoms with Gasteiger partial charge in [0.05, 0.1) is 9.80 Å². The summed E-state index contributed by atoms with van der Waals surface area (Å²) in [5.41, 5.74) is 6.82. The van der Waals surface area contributed by atoms with Crippen molar-refractivity contribution in [2.75, 3.05) is 0 Å². The molecule has 0 unspecified atom stereocenters. The minimum atomic E-state index is -0.578. The van der Waals surface area contributed by atoms with Gasteiger partial charge in [0.15, 0.2) is 5.78 Å². The summed E-state index contributed by atoms with van der Waals surface area (Å²) in [6.45, 7) is 1.67.